The molecular weight excluding hydrogens is 294 g/mol. The molecule has 2 aromatic heterocycles. The molecule has 0 saturated heterocycles. The number of benzene rings is 1. The Hall–Kier alpha value is -1.98. The third-order valence-electron chi connectivity index (χ3n) is 2.73. The Bertz CT molecular complexity index is 804. The third kappa shape index (κ3) is 2.79. The highest BCUT2D eigenvalue weighted by atomic mass is 35.5. The fraction of sp³-hybridized carbons (Fsp3) is 0.0714. The summed E-state index contributed by atoms with van der Waals surface area (Å²) in [6.45, 7) is 0.614. The number of hydrogen-bond donors (Lipinski definition) is 1. The van der Waals surface area contributed by atoms with Gasteiger partial charge in [0.25, 0.3) is 5.56 Å². The predicted molar refractivity (Wildman–Crippen MR) is 82.5 cm³/mol. The molecule has 0 unspecified atom stereocenters. The van der Waals surface area contributed by atoms with Crippen molar-refractivity contribution in [3.8, 4) is 0 Å². The lowest BCUT2D eigenvalue weighted by Crippen LogP contribution is -2.10. The predicted octanol–water partition coefficient (Wildman–Crippen LogP) is 3.32. The van der Waals surface area contributed by atoms with Gasteiger partial charge in [0.2, 0.25) is 0 Å². The van der Waals surface area contributed by atoms with Crippen LogP contribution in [0, 0.1) is 0 Å². The first kappa shape index (κ1) is 13.0. The van der Waals surface area contributed by atoms with Gasteiger partial charge in [-0.05, 0) is 11.6 Å². The van der Waals surface area contributed by atoms with Gasteiger partial charge >= 0.3 is 0 Å². The van der Waals surface area contributed by atoms with Crippen LogP contribution in [-0.2, 0) is 6.54 Å². The van der Waals surface area contributed by atoms with Crippen LogP contribution in [0.2, 0.25) is 5.02 Å². The fourth-order valence-electron chi connectivity index (χ4n) is 1.78. The molecule has 4 nitrogen and oxygen atoms in total. The molecule has 2 heterocycles. The van der Waals surface area contributed by atoms with E-state index in [-0.39, 0.29) is 5.56 Å². The Morgan fingerprint density at radius 1 is 1.25 bits per heavy atom. The van der Waals surface area contributed by atoms with Crippen molar-refractivity contribution in [3.63, 3.8) is 0 Å². The summed E-state index contributed by atoms with van der Waals surface area (Å²) in [4.78, 5) is 20.7. The summed E-state index contributed by atoms with van der Waals surface area (Å²) < 4.78 is 0. The number of nitrogens with one attached hydrogen (secondary N) is 1. The molecule has 0 atom stereocenters. The minimum Gasteiger partial charge on any atom is -0.357 e. The van der Waals surface area contributed by atoms with E-state index in [0.717, 1.165) is 5.56 Å². The van der Waals surface area contributed by atoms with E-state index in [2.05, 4.69) is 15.3 Å². The molecule has 3 aromatic rings. The van der Waals surface area contributed by atoms with Crippen molar-refractivity contribution < 1.29 is 0 Å². The third-order valence-corrected chi connectivity index (χ3v) is 3.89. The van der Waals surface area contributed by atoms with Crippen molar-refractivity contribution in [3.05, 3.63) is 63.5 Å². The van der Waals surface area contributed by atoms with E-state index < -0.39 is 0 Å². The summed E-state index contributed by atoms with van der Waals surface area (Å²) in [7, 11) is 0. The fourth-order valence-corrected chi connectivity index (χ4v) is 2.75. The zero-order valence-electron chi connectivity index (χ0n) is 10.3. The van der Waals surface area contributed by atoms with E-state index in [9.17, 15) is 4.79 Å². The molecule has 0 aliphatic carbocycles. The van der Waals surface area contributed by atoms with Gasteiger partial charge in [-0.2, -0.15) is 4.98 Å². The van der Waals surface area contributed by atoms with E-state index in [1.165, 1.54) is 17.5 Å². The molecule has 1 aromatic carbocycles. The number of hydrogen-bond acceptors (Lipinski definition) is 5. The van der Waals surface area contributed by atoms with Crippen molar-refractivity contribution in [2.75, 3.05) is 5.32 Å². The number of nitrogens with zero attached hydrogens (tertiary/aromatic N) is 2. The molecule has 1 N–H and O–H groups in total. The number of aromatic nitrogens is 2. The molecular formula is C14H10ClN3OS. The van der Waals surface area contributed by atoms with Crippen LogP contribution >= 0.6 is 22.9 Å². The van der Waals surface area contributed by atoms with Gasteiger partial charge in [0, 0.05) is 12.7 Å². The molecule has 20 heavy (non-hydrogen) atoms. The Morgan fingerprint density at radius 3 is 2.85 bits per heavy atom. The monoisotopic (exact) mass is 303 g/mol. The number of halogens is 1. The van der Waals surface area contributed by atoms with Crippen LogP contribution in [0.3, 0.4) is 0 Å². The Balaban J connectivity index is 1.89. The van der Waals surface area contributed by atoms with Gasteiger partial charge in [-0.3, -0.25) is 4.79 Å². The molecule has 3 rings (SSSR count). The molecule has 6 heteroatoms. The van der Waals surface area contributed by atoms with Crippen LogP contribution in [0.15, 0.2) is 47.4 Å². The SMILES string of the molecule is O=c1nc(NCc2ccccc2)sc2ncc(Cl)cc12. The maximum Gasteiger partial charge on any atom is 0.282 e. The van der Waals surface area contributed by atoms with Crippen LogP contribution in [-0.4, -0.2) is 9.97 Å². The van der Waals surface area contributed by atoms with Crippen molar-refractivity contribution in [2.24, 2.45) is 0 Å². The lowest BCUT2D eigenvalue weighted by molar-refractivity contribution is 1.12. The molecule has 0 saturated carbocycles. The maximum atomic E-state index is 11.9. The first-order chi connectivity index (χ1) is 9.72. The second kappa shape index (κ2) is 5.56. The second-order valence-corrected chi connectivity index (χ2v) is 5.58. The van der Waals surface area contributed by atoms with E-state index in [0.29, 0.717) is 26.9 Å². The summed E-state index contributed by atoms with van der Waals surface area (Å²) >= 11 is 7.17. The summed E-state index contributed by atoms with van der Waals surface area (Å²) in [6, 6.07) is 11.5. The van der Waals surface area contributed by atoms with Gasteiger partial charge in [0.05, 0.1) is 10.4 Å². The summed E-state index contributed by atoms with van der Waals surface area (Å²) in [5.74, 6) is 0. The topological polar surface area (TPSA) is 54.9 Å². The smallest absolute Gasteiger partial charge is 0.282 e. The quantitative estimate of drug-likeness (QED) is 0.806. The van der Waals surface area contributed by atoms with Gasteiger partial charge < -0.3 is 5.32 Å². The summed E-state index contributed by atoms with van der Waals surface area (Å²) in [5.41, 5.74) is 0.808. The Kier molecular flexibility index (Phi) is 3.62. The van der Waals surface area contributed by atoms with Crippen LogP contribution in [0.5, 0.6) is 0 Å². The zero-order chi connectivity index (χ0) is 13.9. The molecule has 0 aliphatic rings. The standard InChI is InChI=1S/C14H10ClN3OS/c15-10-6-11-12(19)18-14(20-13(11)16-8-10)17-7-9-4-2-1-3-5-9/h1-6,8H,7H2,(H,17,18,19). The molecule has 100 valence electrons. The Labute approximate surface area is 124 Å². The van der Waals surface area contributed by atoms with Gasteiger partial charge in [-0.25, -0.2) is 4.98 Å². The largest absolute Gasteiger partial charge is 0.357 e. The normalized spacial score (nSPS) is 10.7. The molecule has 0 aliphatic heterocycles. The highest BCUT2D eigenvalue weighted by Crippen LogP contribution is 2.21. The van der Waals surface area contributed by atoms with Gasteiger partial charge in [-0.15, -0.1) is 0 Å². The summed E-state index contributed by atoms with van der Waals surface area (Å²) in [6.07, 6.45) is 1.53. The lowest BCUT2D eigenvalue weighted by atomic mass is 10.2. The van der Waals surface area contributed by atoms with Crippen molar-refractivity contribution in [1.29, 1.82) is 0 Å². The average Bonchev–Trinajstić information content (AvgIpc) is 2.47. The maximum absolute atomic E-state index is 11.9. The van der Waals surface area contributed by atoms with E-state index in [1.54, 1.807) is 6.07 Å². The van der Waals surface area contributed by atoms with E-state index in [4.69, 9.17) is 11.6 Å². The number of fused-ring (bicyclic) bond motifs is 1. The van der Waals surface area contributed by atoms with Gasteiger partial charge in [0.15, 0.2) is 5.13 Å². The zero-order valence-corrected chi connectivity index (χ0v) is 11.9. The van der Waals surface area contributed by atoms with Gasteiger partial charge in [-0.1, -0.05) is 53.3 Å². The van der Waals surface area contributed by atoms with Crippen molar-refractivity contribution in [1.82, 2.24) is 9.97 Å². The number of rotatable bonds is 3. The van der Waals surface area contributed by atoms with Crippen LogP contribution in [0.1, 0.15) is 5.56 Å². The van der Waals surface area contributed by atoms with E-state index in [1.807, 2.05) is 30.3 Å². The number of pyridine rings is 1. The van der Waals surface area contributed by atoms with Crippen LogP contribution in [0.4, 0.5) is 5.13 Å². The van der Waals surface area contributed by atoms with Crippen LogP contribution in [0.25, 0.3) is 10.2 Å². The minimum absolute atomic E-state index is 0.315. The highest BCUT2D eigenvalue weighted by Gasteiger charge is 2.06. The molecule has 0 radical (unpaired) electrons. The molecule has 0 spiro atoms. The highest BCUT2D eigenvalue weighted by molar-refractivity contribution is 7.21. The lowest BCUT2D eigenvalue weighted by Gasteiger charge is -2.05. The summed E-state index contributed by atoms with van der Waals surface area (Å²) in [5, 5.41) is 4.59. The average molecular weight is 304 g/mol. The first-order valence-corrected chi connectivity index (χ1v) is 7.16. The minimum atomic E-state index is -0.315. The molecule has 0 bridgehead atoms. The molecule has 0 fully saturated rings. The van der Waals surface area contributed by atoms with Crippen LogP contribution < -0.4 is 10.9 Å². The first-order valence-electron chi connectivity index (χ1n) is 5.96. The van der Waals surface area contributed by atoms with Gasteiger partial charge in [0.1, 0.15) is 4.83 Å². The molecule has 0 amide bonds. The van der Waals surface area contributed by atoms with Crippen molar-refractivity contribution >= 4 is 38.3 Å². The number of anilines is 1. The Morgan fingerprint density at radius 2 is 2.05 bits per heavy atom. The second-order valence-electron chi connectivity index (χ2n) is 4.17. The van der Waals surface area contributed by atoms with Crippen molar-refractivity contribution in [2.45, 2.75) is 6.54 Å². The van der Waals surface area contributed by atoms with E-state index >= 15 is 0 Å².